The Morgan fingerprint density at radius 2 is 1.81 bits per heavy atom. The van der Waals surface area contributed by atoms with Crippen LogP contribution in [0.5, 0.6) is 0 Å². The summed E-state index contributed by atoms with van der Waals surface area (Å²) in [5.41, 5.74) is 3.33. The number of rotatable bonds is 7. The fourth-order valence-corrected chi connectivity index (χ4v) is 3.06. The lowest BCUT2D eigenvalue weighted by Crippen LogP contribution is -2.19. The Morgan fingerprint density at radius 3 is 2.52 bits per heavy atom. The van der Waals surface area contributed by atoms with Gasteiger partial charge in [-0.25, -0.2) is 4.39 Å². The zero-order valence-electron chi connectivity index (χ0n) is 14.5. The van der Waals surface area contributed by atoms with Gasteiger partial charge in [0.05, 0.1) is 18.6 Å². The molecule has 3 rings (SSSR count). The lowest BCUT2D eigenvalue weighted by molar-refractivity contribution is -0.139. The average molecular weight is 369 g/mol. The Balaban J connectivity index is 1.91. The van der Waals surface area contributed by atoms with E-state index in [1.54, 1.807) is 18.2 Å². The third kappa shape index (κ3) is 4.61. The molecule has 0 aliphatic rings. The number of aromatic nitrogens is 1. The number of hydrogen-bond donors (Lipinski definition) is 4. The molecule has 1 aromatic heterocycles. The van der Waals surface area contributed by atoms with E-state index in [4.69, 9.17) is 5.11 Å². The smallest absolute Gasteiger partial charge is 0.305 e. The molecule has 0 radical (unpaired) electrons. The molecule has 0 bridgehead atoms. The Labute approximate surface area is 155 Å². The first-order valence-electron chi connectivity index (χ1n) is 8.57. The fourth-order valence-electron chi connectivity index (χ4n) is 3.06. The Morgan fingerprint density at radius 1 is 1.11 bits per heavy atom. The Hall–Kier alpha value is -2.96. The zero-order chi connectivity index (χ0) is 19.4. The molecule has 4 N–H and O–H groups in total. The van der Waals surface area contributed by atoms with Crippen LogP contribution in [0.4, 0.5) is 4.39 Å². The number of para-hydroxylation sites is 1. The summed E-state index contributed by atoms with van der Waals surface area (Å²) in [6.07, 6.45) is 0.584. The van der Waals surface area contributed by atoms with Gasteiger partial charge in [-0.3, -0.25) is 4.79 Å². The summed E-state index contributed by atoms with van der Waals surface area (Å²) in [4.78, 5) is 13.9. The van der Waals surface area contributed by atoms with Gasteiger partial charge in [-0.2, -0.15) is 0 Å². The molecule has 0 amide bonds. The van der Waals surface area contributed by atoms with Crippen molar-refractivity contribution in [3.8, 4) is 11.1 Å². The van der Waals surface area contributed by atoms with Crippen molar-refractivity contribution in [3.05, 3.63) is 66.1 Å². The highest BCUT2D eigenvalue weighted by molar-refractivity contribution is 6.00. The number of nitrogens with one attached hydrogen (secondary N) is 1. The highest BCUT2D eigenvalue weighted by Crippen LogP contribution is 2.33. The summed E-state index contributed by atoms with van der Waals surface area (Å²) < 4.78 is 13.3. The van der Waals surface area contributed by atoms with Gasteiger partial charge in [0.1, 0.15) is 5.82 Å². The fraction of sp³-hybridized carbons (Fsp3) is 0.190. The van der Waals surface area contributed by atoms with Gasteiger partial charge in [0, 0.05) is 28.6 Å². The topological polar surface area (TPSA) is 93.6 Å². The number of aliphatic hydroxyl groups excluding tert-OH is 2. The van der Waals surface area contributed by atoms with E-state index in [9.17, 15) is 19.4 Å². The quantitative estimate of drug-likeness (QED) is 0.512. The number of aliphatic hydroxyl groups is 2. The molecule has 0 saturated carbocycles. The number of carbonyl (C=O) groups is 1. The van der Waals surface area contributed by atoms with Gasteiger partial charge in [-0.15, -0.1) is 0 Å². The van der Waals surface area contributed by atoms with E-state index >= 15 is 0 Å². The number of aliphatic carboxylic acids is 1. The highest BCUT2D eigenvalue weighted by atomic mass is 19.1. The molecule has 0 aliphatic carbocycles. The molecule has 27 heavy (non-hydrogen) atoms. The molecule has 2 aromatic carbocycles. The number of carboxylic acid groups (broad SMARTS) is 1. The molecule has 140 valence electrons. The van der Waals surface area contributed by atoms with E-state index in [2.05, 4.69) is 4.98 Å². The minimum Gasteiger partial charge on any atom is -0.481 e. The van der Waals surface area contributed by atoms with Gasteiger partial charge < -0.3 is 20.3 Å². The molecular weight excluding hydrogens is 349 g/mol. The summed E-state index contributed by atoms with van der Waals surface area (Å²) in [6.45, 7) is 0. The van der Waals surface area contributed by atoms with Crippen molar-refractivity contribution in [1.29, 1.82) is 0 Å². The molecular formula is C21H20FNO4. The van der Waals surface area contributed by atoms with Crippen molar-refractivity contribution in [2.24, 2.45) is 0 Å². The van der Waals surface area contributed by atoms with Crippen LogP contribution >= 0.6 is 0 Å². The zero-order valence-corrected chi connectivity index (χ0v) is 14.5. The molecule has 5 nitrogen and oxygen atoms in total. The third-order valence-electron chi connectivity index (χ3n) is 4.28. The normalized spacial score (nSPS) is 13.9. The number of aromatic amines is 1. The second-order valence-electron chi connectivity index (χ2n) is 6.38. The first-order chi connectivity index (χ1) is 12.9. The van der Waals surface area contributed by atoms with Gasteiger partial charge >= 0.3 is 5.97 Å². The van der Waals surface area contributed by atoms with Crippen molar-refractivity contribution in [2.45, 2.75) is 25.0 Å². The summed E-state index contributed by atoms with van der Waals surface area (Å²) in [7, 11) is 0. The van der Waals surface area contributed by atoms with Gasteiger partial charge in [0.15, 0.2) is 0 Å². The van der Waals surface area contributed by atoms with Gasteiger partial charge in [-0.05, 0) is 29.8 Å². The Kier molecular flexibility index (Phi) is 5.69. The molecule has 3 aromatic rings. The minimum absolute atomic E-state index is 0.0745. The minimum atomic E-state index is -1.12. The van der Waals surface area contributed by atoms with Gasteiger partial charge in [0.25, 0.3) is 0 Å². The summed E-state index contributed by atoms with van der Waals surface area (Å²) in [5, 5.41) is 29.3. The number of benzene rings is 2. The van der Waals surface area contributed by atoms with Crippen LogP contribution in [-0.2, 0) is 4.79 Å². The molecule has 1 heterocycles. The van der Waals surface area contributed by atoms with Crippen LogP contribution < -0.4 is 0 Å². The van der Waals surface area contributed by atoms with Crippen LogP contribution in [0.15, 0.2) is 54.6 Å². The van der Waals surface area contributed by atoms with Crippen molar-refractivity contribution in [1.82, 2.24) is 4.98 Å². The van der Waals surface area contributed by atoms with Crippen LogP contribution in [0.3, 0.4) is 0 Å². The monoisotopic (exact) mass is 369 g/mol. The molecule has 0 aliphatic heterocycles. The first kappa shape index (κ1) is 18.8. The summed E-state index contributed by atoms with van der Waals surface area (Å²) in [5.74, 6) is -1.44. The van der Waals surface area contributed by atoms with Crippen LogP contribution in [0.1, 0.15) is 18.5 Å². The summed E-state index contributed by atoms with van der Waals surface area (Å²) in [6, 6.07) is 13.8. The van der Waals surface area contributed by atoms with E-state index in [-0.39, 0.29) is 12.2 Å². The molecule has 0 saturated heterocycles. The number of carboxylic acids is 1. The predicted molar refractivity (Wildman–Crippen MR) is 102 cm³/mol. The van der Waals surface area contributed by atoms with Crippen molar-refractivity contribution in [3.63, 3.8) is 0 Å². The maximum Gasteiger partial charge on any atom is 0.305 e. The van der Waals surface area contributed by atoms with Crippen LogP contribution in [0, 0.1) is 5.82 Å². The van der Waals surface area contributed by atoms with Crippen molar-refractivity contribution < 1.29 is 24.5 Å². The predicted octanol–water partition coefficient (Wildman–Crippen LogP) is 3.57. The highest BCUT2D eigenvalue weighted by Gasteiger charge is 2.15. The SMILES string of the molecule is O=C(O)C[C@@H](O)C[C@@H](O)/C=C/c1[nH]c2ccccc2c1-c1ccc(F)cc1. The van der Waals surface area contributed by atoms with E-state index in [1.165, 1.54) is 18.2 Å². The van der Waals surface area contributed by atoms with E-state index < -0.39 is 24.6 Å². The second-order valence-corrected chi connectivity index (χ2v) is 6.38. The van der Waals surface area contributed by atoms with Gasteiger partial charge in [0.2, 0.25) is 0 Å². The van der Waals surface area contributed by atoms with E-state index in [0.717, 1.165) is 27.7 Å². The maximum atomic E-state index is 13.3. The average Bonchev–Trinajstić information content (AvgIpc) is 2.98. The molecule has 0 fully saturated rings. The molecule has 2 atom stereocenters. The van der Waals surface area contributed by atoms with Crippen LogP contribution in [-0.4, -0.2) is 38.5 Å². The van der Waals surface area contributed by atoms with Gasteiger partial charge in [-0.1, -0.05) is 36.4 Å². The lowest BCUT2D eigenvalue weighted by atomic mass is 10.0. The third-order valence-corrected chi connectivity index (χ3v) is 4.28. The first-order valence-corrected chi connectivity index (χ1v) is 8.57. The van der Waals surface area contributed by atoms with Crippen LogP contribution in [0.25, 0.3) is 28.1 Å². The molecule has 0 unspecified atom stereocenters. The molecule has 0 spiro atoms. The van der Waals surface area contributed by atoms with Crippen molar-refractivity contribution in [2.75, 3.05) is 0 Å². The maximum absolute atomic E-state index is 13.3. The number of halogens is 1. The Bertz CT molecular complexity index is 962. The second kappa shape index (κ2) is 8.16. The lowest BCUT2D eigenvalue weighted by Gasteiger charge is -2.10. The van der Waals surface area contributed by atoms with Crippen LogP contribution in [0.2, 0.25) is 0 Å². The number of H-pyrrole nitrogens is 1. The van der Waals surface area contributed by atoms with E-state index in [0.29, 0.717) is 0 Å². The van der Waals surface area contributed by atoms with E-state index in [1.807, 2.05) is 24.3 Å². The standard InChI is InChI=1S/C21H20FNO4/c22-14-7-5-13(6-8-14)21-17-3-1-2-4-18(17)23-19(21)10-9-15(24)11-16(25)12-20(26)27/h1-10,15-16,23-25H,11-12H2,(H,26,27)/b10-9+/t15-,16-/m0/s1. The summed E-state index contributed by atoms with van der Waals surface area (Å²) >= 11 is 0. The van der Waals surface area contributed by atoms with Crippen molar-refractivity contribution >= 4 is 22.9 Å². The largest absolute Gasteiger partial charge is 0.481 e. The number of fused-ring (bicyclic) bond motifs is 1. The number of hydrogen-bond acceptors (Lipinski definition) is 3. The molecule has 6 heteroatoms.